The van der Waals surface area contributed by atoms with Crippen LogP contribution in [-0.2, 0) is 4.79 Å². The number of hydrogen-bond donors (Lipinski definition) is 1. The molecule has 0 radical (unpaired) electrons. The van der Waals surface area contributed by atoms with E-state index in [0.717, 1.165) is 12.8 Å². The van der Waals surface area contributed by atoms with E-state index >= 15 is 0 Å². The largest absolute Gasteiger partial charge is 0.480 e. The fourth-order valence-electron chi connectivity index (χ4n) is 2.64. The summed E-state index contributed by atoms with van der Waals surface area (Å²) in [5.74, 6) is -1.92. The lowest BCUT2D eigenvalue weighted by atomic mass is 9.87. The third kappa shape index (κ3) is 2.40. The van der Waals surface area contributed by atoms with E-state index in [1.807, 2.05) is 0 Å². The second-order valence-corrected chi connectivity index (χ2v) is 5.45. The van der Waals surface area contributed by atoms with Gasteiger partial charge in [0.05, 0.1) is 0 Å². The molecule has 2 rings (SSSR count). The van der Waals surface area contributed by atoms with Crippen LogP contribution in [0.4, 0.5) is 4.39 Å². The van der Waals surface area contributed by atoms with Crippen LogP contribution in [0.1, 0.15) is 42.1 Å². The topological polar surface area (TPSA) is 57.6 Å². The highest BCUT2D eigenvalue weighted by atomic mass is 19.1. The van der Waals surface area contributed by atoms with Gasteiger partial charge in [-0.1, -0.05) is 6.07 Å². The molecule has 0 bridgehead atoms. The van der Waals surface area contributed by atoms with Crippen LogP contribution in [0.2, 0.25) is 0 Å². The first kappa shape index (κ1) is 14.5. The van der Waals surface area contributed by atoms with Crippen molar-refractivity contribution in [1.82, 2.24) is 4.90 Å². The summed E-state index contributed by atoms with van der Waals surface area (Å²) in [4.78, 5) is 25.5. The number of piperidine rings is 1. The molecule has 1 saturated heterocycles. The SMILES string of the molecule is Cc1ccc(F)cc1C(=O)N1CCCCC1(C)C(=O)O. The van der Waals surface area contributed by atoms with Crippen molar-refractivity contribution in [1.29, 1.82) is 0 Å². The third-order valence-corrected chi connectivity index (χ3v) is 4.03. The maximum atomic E-state index is 13.3. The summed E-state index contributed by atoms with van der Waals surface area (Å²) in [6.07, 6.45) is 1.96. The Morgan fingerprint density at radius 3 is 2.70 bits per heavy atom. The van der Waals surface area contributed by atoms with Gasteiger partial charge in [-0.25, -0.2) is 9.18 Å². The summed E-state index contributed by atoms with van der Waals surface area (Å²) >= 11 is 0. The minimum Gasteiger partial charge on any atom is -0.480 e. The van der Waals surface area contributed by atoms with E-state index in [9.17, 15) is 19.1 Å². The lowest BCUT2D eigenvalue weighted by Crippen LogP contribution is -2.57. The number of nitrogens with zero attached hydrogens (tertiary/aromatic N) is 1. The van der Waals surface area contributed by atoms with Crippen molar-refractivity contribution in [3.63, 3.8) is 0 Å². The van der Waals surface area contributed by atoms with Crippen LogP contribution in [0.25, 0.3) is 0 Å². The molecule has 1 heterocycles. The number of halogens is 1. The normalized spacial score (nSPS) is 22.6. The first-order valence-electron chi connectivity index (χ1n) is 6.68. The van der Waals surface area contributed by atoms with Crippen molar-refractivity contribution in [2.45, 2.75) is 38.6 Å². The van der Waals surface area contributed by atoms with Crippen LogP contribution >= 0.6 is 0 Å². The number of hydrogen-bond acceptors (Lipinski definition) is 2. The van der Waals surface area contributed by atoms with Crippen LogP contribution < -0.4 is 0 Å². The zero-order valence-electron chi connectivity index (χ0n) is 11.6. The summed E-state index contributed by atoms with van der Waals surface area (Å²) in [5, 5.41) is 9.42. The molecule has 108 valence electrons. The highest BCUT2D eigenvalue weighted by molar-refractivity contribution is 5.99. The maximum absolute atomic E-state index is 13.3. The number of carbonyl (C=O) groups excluding carboxylic acids is 1. The van der Waals surface area contributed by atoms with Crippen molar-refractivity contribution in [3.8, 4) is 0 Å². The molecule has 0 saturated carbocycles. The van der Waals surface area contributed by atoms with Gasteiger partial charge in [-0.2, -0.15) is 0 Å². The lowest BCUT2D eigenvalue weighted by molar-refractivity contribution is -0.150. The Balaban J connectivity index is 2.40. The smallest absolute Gasteiger partial charge is 0.329 e. The average molecular weight is 279 g/mol. The third-order valence-electron chi connectivity index (χ3n) is 4.03. The molecule has 1 aliphatic heterocycles. The quantitative estimate of drug-likeness (QED) is 0.905. The molecule has 20 heavy (non-hydrogen) atoms. The van der Waals surface area contributed by atoms with E-state index < -0.39 is 23.2 Å². The van der Waals surface area contributed by atoms with Crippen LogP contribution in [0.3, 0.4) is 0 Å². The first-order chi connectivity index (χ1) is 9.36. The van der Waals surface area contributed by atoms with Crippen LogP contribution in [-0.4, -0.2) is 34.0 Å². The molecule has 5 heteroatoms. The summed E-state index contributed by atoms with van der Waals surface area (Å²) < 4.78 is 13.3. The summed E-state index contributed by atoms with van der Waals surface area (Å²) in [7, 11) is 0. The zero-order valence-corrected chi connectivity index (χ0v) is 11.6. The van der Waals surface area contributed by atoms with Crippen LogP contribution in [0, 0.1) is 12.7 Å². The number of aryl methyl sites for hydroxylation is 1. The van der Waals surface area contributed by atoms with Gasteiger partial charge >= 0.3 is 5.97 Å². The molecular formula is C15H18FNO3. The molecule has 1 fully saturated rings. The van der Waals surface area contributed by atoms with E-state index in [1.165, 1.54) is 23.1 Å². The van der Waals surface area contributed by atoms with Gasteiger partial charge in [0, 0.05) is 12.1 Å². The van der Waals surface area contributed by atoms with Crippen molar-refractivity contribution >= 4 is 11.9 Å². The molecule has 0 spiro atoms. The number of likely N-dealkylation sites (tertiary alicyclic amines) is 1. The van der Waals surface area contributed by atoms with E-state index in [-0.39, 0.29) is 5.56 Å². The van der Waals surface area contributed by atoms with Gasteiger partial charge in [0.2, 0.25) is 0 Å². The number of benzene rings is 1. The molecular weight excluding hydrogens is 261 g/mol. The highest BCUT2D eigenvalue weighted by Gasteiger charge is 2.44. The monoisotopic (exact) mass is 279 g/mol. The molecule has 0 aliphatic carbocycles. The Morgan fingerprint density at radius 1 is 1.35 bits per heavy atom. The van der Waals surface area contributed by atoms with E-state index in [4.69, 9.17) is 0 Å². The van der Waals surface area contributed by atoms with Gasteiger partial charge in [-0.05, 0) is 50.8 Å². The zero-order chi connectivity index (χ0) is 14.9. The fourth-order valence-corrected chi connectivity index (χ4v) is 2.64. The molecule has 0 aromatic heterocycles. The standard InChI is InChI=1S/C15H18FNO3/c1-10-5-6-11(16)9-12(10)13(18)17-8-4-3-7-15(17,2)14(19)20/h5-6,9H,3-4,7-8H2,1-2H3,(H,19,20). The van der Waals surface area contributed by atoms with Crippen molar-refractivity contribution < 1.29 is 19.1 Å². The molecule has 1 atom stereocenters. The summed E-state index contributed by atoms with van der Waals surface area (Å²) in [6.45, 7) is 3.66. The Hall–Kier alpha value is -1.91. The van der Waals surface area contributed by atoms with Crippen LogP contribution in [0.15, 0.2) is 18.2 Å². The Bertz CT molecular complexity index is 558. The van der Waals surface area contributed by atoms with E-state index in [2.05, 4.69) is 0 Å². The van der Waals surface area contributed by atoms with Gasteiger partial charge in [0.25, 0.3) is 5.91 Å². The van der Waals surface area contributed by atoms with E-state index in [1.54, 1.807) is 13.8 Å². The lowest BCUT2D eigenvalue weighted by Gasteiger charge is -2.41. The Morgan fingerprint density at radius 2 is 2.05 bits per heavy atom. The maximum Gasteiger partial charge on any atom is 0.329 e. The van der Waals surface area contributed by atoms with E-state index in [0.29, 0.717) is 18.5 Å². The highest BCUT2D eigenvalue weighted by Crippen LogP contribution is 2.30. The van der Waals surface area contributed by atoms with Gasteiger partial charge in [0.1, 0.15) is 11.4 Å². The Kier molecular flexibility index (Phi) is 3.79. The predicted molar refractivity (Wildman–Crippen MR) is 72.1 cm³/mol. The molecule has 1 amide bonds. The number of rotatable bonds is 2. The molecule has 4 nitrogen and oxygen atoms in total. The number of amides is 1. The average Bonchev–Trinajstić information content (AvgIpc) is 2.41. The number of carbonyl (C=O) groups is 2. The molecule has 1 N–H and O–H groups in total. The molecule has 1 aromatic carbocycles. The van der Waals surface area contributed by atoms with Crippen LogP contribution in [0.5, 0.6) is 0 Å². The minimum absolute atomic E-state index is 0.236. The Labute approximate surface area is 117 Å². The molecule has 1 aliphatic rings. The van der Waals surface area contributed by atoms with Gasteiger partial charge < -0.3 is 10.0 Å². The first-order valence-corrected chi connectivity index (χ1v) is 6.68. The van der Waals surface area contributed by atoms with Gasteiger partial charge in [0.15, 0.2) is 0 Å². The number of carboxylic acid groups (broad SMARTS) is 1. The van der Waals surface area contributed by atoms with Crippen molar-refractivity contribution in [2.75, 3.05) is 6.54 Å². The molecule has 1 aromatic rings. The minimum atomic E-state index is -1.21. The van der Waals surface area contributed by atoms with Gasteiger partial charge in [-0.3, -0.25) is 4.79 Å². The fraction of sp³-hybridized carbons (Fsp3) is 0.467. The summed E-state index contributed by atoms with van der Waals surface area (Å²) in [5.41, 5.74) is -0.331. The van der Waals surface area contributed by atoms with Crippen molar-refractivity contribution in [2.24, 2.45) is 0 Å². The number of carboxylic acids is 1. The second-order valence-electron chi connectivity index (χ2n) is 5.45. The van der Waals surface area contributed by atoms with Crippen molar-refractivity contribution in [3.05, 3.63) is 35.1 Å². The number of aliphatic carboxylic acids is 1. The second kappa shape index (κ2) is 5.23. The molecule has 1 unspecified atom stereocenters. The summed E-state index contributed by atoms with van der Waals surface area (Å²) in [6, 6.07) is 4.00. The predicted octanol–water partition coefficient (Wildman–Crippen LogP) is 2.60. The van der Waals surface area contributed by atoms with Gasteiger partial charge in [-0.15, -0.1) is 0 Å².